The minimum Gasteiger partial charge on any atom is -0.341 e. The minimum absolute atomic E-state index is 0. The van der Waals surface area contributed by atoms with E-state index in [1.807, 2.05) is 32.2 Å². The molecule has 1 aromatic rings. The molecule has 0 heterocycles. The molecule has 5 heteroatoms. The summed E-state index contributed by atoms with van der Waals surface area (Å²) in [6.45, 7) is 7.30. The van der Waals surface area contributed by atoms with Crippen LogP contribution >= 0.6 is 28.3 Å². The summed E-state index contributed by atoms with van der Waals surface area (Å²) >= 11 is 3.43. The fraction of sp³-hybridized carbons (Fsp3) is 0.500. The molecular weight excluding hydrogens is 328 g/mol. The molecule has 0 aliphatic heterocycles. The van der Waals surface area contributed by atoms with E-state index in [1.165, 1.54) is 0 Å². The minimum atomic E-state index is -0.0607. The first kappa shape index (κ1) is 18.4. The number of hydrogen-bond donors (Lipinski definition) is 1. The quantitative estimate of drug-likeness (QED) is 0.907. The Labute approximate surface area is 130 Å². The Morgan fingerprint density at radius 1 is 1.42 bits per heavy atom. The van der Waals surface area contributed by atoms with Crippen LogP contribution in [0.2, 0.25) is 0 Å². The largest absolute Gasteiger partial charge is 0.341 e. The number of amides is 1. The Morgan fingerprint density at radius 2 is 2.00 bits per heavy atom. The fourth-order valence-corrected chi connectivity index (χ4v) is 2.02. The monoisotopic (exact) mass is 348 g/mol. The number of rotatable bonds is 4. The van der Waals surface area contributed by atoms with Crippen LogP contribution in [0.5, 0.6) is 0 Å². The third-order valence-corrected chi connectivity index (χ3v) is 3.86. The molecule has 3 nitrogen and oxygen atoms in total. The van der Waals surface area contributed by atoms with Crippen molar-refractivity contribution in [2.45, 2.75) is 20.8 Å². The van der Waals surface area contributed by atoms with Gasteiger partial charge in [0.1, 0.15) is 0 Å². The molecule has 1 amide bonds. The number of carbonyl (C=O) groups is 1. The predicted molar refractivity (Wildman–Crippen MR) is 85.9 cm³/mol. The molecule has 0 aliphatic rings. The number of halogens is 2. The first-order valence-electron chi connectivity index (χ1n) is 5.98. The smallest absolute Gasteiger partial charge is 0.253 e. The van der Waals surface area contributed by atoms with E-state index in [9.17, 15) is 4.79 Å². The van der Waals surface area contributed by atoms with E-state index in [4.69, 9.17) is 5.73 Å². The maximum atomic E-state index is 12.3. The lowest BCUT2D eigenvalue weighted by molar-refractivity contribution is 0.0740. The lowest BCUT2D eigenvalue weighted by Crippen LogP contribution is -2.39. The fourth-order valence-electron chi connectivity index (χ4n) is 1.78. The van der Waals surface area contributed by atoms with Crippen LogP contribution in [-0.2, 0) is 0 Å². The summed E-state index contributed by atoms with van der Waals surface area (Å²) in [6, 6.07) is 5.65. The van der Waals surface area contributed by atoms with Crippen LogP contribution in [0.4, 0.5) is 0 Å². The van der Waals surface area contributed by atoms with E-state index in [2.05, 4.69) is 29.8 Å². The highest BCUT2D eigenvalue weighted by Crippen LogP contribution is 2.19. The topological polar surface area (TPSA) is 46.3 Å². The van der Waals surface area contributed by atoms with Crippen molar-refractivity contribution in [1.82, 2.24) is 4.90 Å². The van der Waals surface area contributed by atoms with Crippen molar-refractivity contribution >= 4 is 34.2 Å². The van der Waals surface area contributed by atoms with Crippen molar-refractivity contribution in [2.75, 3.05) is 20.1 Å². The summed E-state index contributed by atoms with van der Waals surface area (Å²) in [5.74, 6) is 0.0344. The number of benzene rings is 1. The first-order chi connectivity index (χ1) is 8.26. The van der Waals surface area contributed by atoms with Crippen LogP contribution in [0.25, 0.3) is 0 Å². The van der Waals surface area contributed by atoms with Crippen molar-refractivity contribution in [1.29, 1.82) is 0 Å². The Bertz CT molecular complexity index is 449. The molecule has 0 aromatic heterocycles. The molecule has 0 unspecified atom stereocenters. The Kier molecular flexibility index (Phi) is 7.05. The van der Waals surface area contributed by atoms with Crippen LogP contribution in [0.1, 0.15) is 29.8 Å². The van der Waals surface area contributed by atoms with Gasteiger partial charge in [-0.15, -0.1) is 12.4 Å². The van der Waals surface area contributed by atoms with E-state index < -0.39 is 0 Å². The summed E-state index contributed by atoms with van der Waals surface area (Å²) < 4.78 is 1.02. The van der Waals surface area contributed by atoms with Crippen LogP contribution in [0, 0.1) is 12.3 Å². The Hall–Kier alpha value is -0.580. The standard InChI is InChI=1S/C14H21BrN2O.ClH/c1-10-7-11(5-6-12(10)15)13(18)17(4)9-14(2,3)8-16;/h5-7H,8-9,16H2,1-4H3;1H. The number of carbonyl (C=O) groups excluding carboxylic acids is 1. The zero-order valence-corrected chi connectivity index (χ0v) is 14.3. The van der Waals surface area contributed by atoms with Crippen LogP contribution < -0.4 is 5.73 Å². The van der Waals surface area contributed by atoms with Gasteiger partial charge in [0.15, 0.2) is 0 Å². The van der Waals surface area contributed by atoms with Gasteiger partial charge < -0.3 is 10.6 Å². The van der Waals surface area contributed by atoms with Gasteiger partial charge in [-0.1, -0.05) is 29.8 Å². The van der Waals surface area contributed by atoms with Crippen LogP contribution in [0.3, 0.4) is 0 Å². The van der Waals surface area contributed by atoms with Gasteiger partial charge in [-0.25, -0.2) is 0 Å². The van der Waals surface area contributed by atoms with Crippen LogP contribution in [0.15, 0.2) is 22.7 Å². The molecule has 0 atom stereocenters. The van der Waals surface area contributed by atoms with Crippen LogP contribution in [-0.4, -0.2) is 30.9 Å². The molecule has 0 saturated carbocycles. The van der Waals surface area contributed by atoms with E-state index in [0.29, 0.717) is 18.7 Å². The zero-order chi connectivity index (χ0) is 13.9. The molecule has 0 spiro atoms. The lowest BCUT2D eigenvalue weighted by atomic mass is 9.93. The second-order valence-electron chi connectivity index (χ2n) is 5.49. The van der Waals surface area contributed by atoms with Crippen molar-refractivity contribution in [2.24, 2.45) is 11.1 Å². The molecule has 0 saturated heterocycles. The molecule has 0 fully saturated rings. The van der Waals surface area contributed by atoms with E-state index in [1.54, 1.807) is 4.90 Å². The van der Waals surface area contributed by atoms with Gasteiger partial charge in [0, 0.05) is 23.6 Å². The Balaban J connectivity index is 0.00000324. The van der Waals surface area contributed by atoms with Gasteiger partial charge in [0.2, 0.25) is 0 Å². The molecule has 1 rings (SSSR count). The van der Waals surface area contributed by atoms with Gasteiger partial charge in [-0.3, -0.25) is 4.79 Å². The van der Waals surface area contributed by atoms with Gasteiger partial charge in [-0.2, -0.15) is 0 Å². The van der Waals surface area contributed by atoms with Gasteiger partial charge in [0.05, 0.1) is 0 Å². The summed E-state index contributed by atoms with van der Waals surface area (Å²) in [5, 5.41) is 0. The summed E-state index contributed by atoms with van der Waals surface area (Å²) in [7, 11) is 1.82. The van der Waals surface area contributed by atoms with Gasteiger partial charge in [0.25, 0.3) is 5.91 Å². The molecule has 0 bridgehead atoms. The summed E-state index contributed by atoms with van der Waals surface area (Å²) in [4.78, 5) is 14.0. The second kappa shape index (κ2) is 7.27. The number of aryl methyl sites for hydroxylation is 1. The average Bonchev–Trinajstić information content (AvgIpc) is 2.31. The van der Waals surface area contributed by atoms with Gasteiger partial charge in [-0.05, 0) is 42.6 Å². The lowest BCUT2D eigenvalue weighted by Gasteiger charge is -2.29. The highest BCUT2D eigenvalue weighted by Gasteiger charge is 2.22. The van der Waals surface area contributed by atoms with Crippen molar-refractivity contribution in [3.8, 4) is 0 Å². The normalized spacial score (nSPS) is 10.8. The SMILES string of the molecule is Cc1cc(C(=O)N(C)CC(C)(C)CN)ccc1Br.Cl. The highest BCUT2D eigenvalue weighted by molar-refractivity contribution is 9.10. The Morgan fingerprint density at radius 3 is 2.47 bits per heavy atom. The molecule has 0 radical (unpaired) electrons. The second-order valence-corrected chi connectivity index (χ2v) is 6.35. The van der Waals surface area contributed by atoms with E-state index in [-0.39, 0.29) is 23.7 Å². The third kappa shape index (κ3) is 5.13. The molecule has 2 N–H and O–H groups in total. The average molecular weight is 350 g/mol. The summed E-state index contributed by atoms with van der Waals surface area (Å²) in [5.41, 5.74) is 7.41. The molecule has 0 aliphatic carbocycles. The van der Waals surface area contributed by atoms with E-state index in [0.717, 1.165) is 10.0 Å². The number of nitrogens with zero attached hydrogens (tertiary/aromatic N) is 1. The number of hydrogen-bond acceptors (Lipinski definition) is 2. The van der Waals surface area contributed by atoms with E-state index >= 15 is 0 Å². The molecule has 19 heavy (non-hydrogen) atoms. The van der Waals surface area contributed by atoms with Gasteiger partial charge >= 0.3 is 0 Å². The first-order valence-corrected chi connectivity index (χ1v) is 6.78. The molecule has 108 valence electrons. The molecular formula is C14H22BrClN2O. The predicted octanol–water partition coefficient (Wildman–Crippen LogP) is 3.24. The molecule has 1 aromatic carbocycles. The number of nitrogens with two attached hydrogens (primary N) is 1. The van der Waals surface area contributed by atoms with Crippen molar-refractivity contribution in [3.63, 3.8) is 0 Å². The highest BCUT2D eigenvalue weighted by atomic mass is 79.9. The maximum Gasteiger partial charge on any atom is 0.253 e. The zero-order valence-electron chi connectivity index (χ0n) is 11.9. The van der Waals surface area contributed by atoms with Crippen molar-refractivity contribution in [3.05, 3.63) is 33.8 Å². The summed E-state index contributed by atoms with van der Waals surface area (Å²) in [6.07, 6.45) is 0. The maximum absolute atomic E-state index is 12.3. The third-order valence-electron chi connectivity index (χ3n) is 2.97. The van der Waals surface area contributed by atoms with Crippen molar-refractivity contribution < 1.29 is 4.79 Å².